The zero-order chi connectivity index (χ0) is 17.0. The Morgan fingerprint density at radius 2 is 2.12 bits per heavy atom. The fourth-order valence-electron chi connectivity index (χ4n) is 3.16. The summed E-state index contributed by atoms with van der Waals surface area (Å²) in [5, 5.41) is -0.502. The van der Waals surface area contributed by atoms with Crippen molar-refractivity contribution in [3.63, 3.8) is 0 Å². The number of nitrogens with one attached hydrogen (secondary N) is 1. The number of hydrogen-bond donors (Lipinski definition) is 1. The number of amides is 2. The van der Waals surface area contributed by atoms with Crippen LogP contribution in [0, 0.1) is 11.6 Å². The molecule has 2 aliphatic rings. The van der Waals surface area contributed by atoms with E-state index in [2.05, 4.69) is 4.98 Å². The van der Waals surface area contributed by atoms with E-state index >= 15 is 0 Å². The first kappa shape index (κ1) is 15.2. The zero-order valence-electron chi connectivity index (χ0n) is 12.3. The number of carbonyl (C=O) groups is 2. The van der Waals surface area contributed by atoms with Gasteiger partial charge < -0.3 is 14.6 Å². The van der Waals surface area contributed by atoms with Crippen LogP contribution in [0.25, 0.3) is 10.9 Å². The van der Waals surface area contributed by atoms with Crippen molar-refractivity contribution in [2.24, 2.45) is 0 Å². The molecular formula is C15H12ClF2N3O3. The van der Waals surface area contributed by atoms with E-state index in [-0.39, 0.29) is 47.4 Å². The Morgan fingerprint density at radius 1 is 1.33 bits per heavy atom. The van der Waals surface area contributed by atoms with Crippen LogP contribution in [0.15, 0.2) is 12.1 Å². The van der Waals surface area contributed by atoms with Crippen LogP contribution in [0.4, 0.5) is 13.6 Å². The third kappa shape index (κ3) is 2.13. The molecule has 2 saturated heterocycles. The van der Waals surface area contributed by atoms with Gasteiger partial charge in [0.25, 0.3) is 5.91 Å². The van der Waals surface area contributed by atoms with E-state index in [1.165, 1.54) is 11.0 Å². The first-order valence-corrected chi connectivity index (χ1v) is 7.73. The number of piperazine rings is 1. The molecule has 2 fully saturated rings. The van der Waals surface area contributed by atoms with Crippen molar-refractivity contribution in [2.45, 2.75) is 6.04 Å². The number of aromatic amines is 1. The van der Waals surface area contributed by atoms with Gasteiger partial charge in [0, 0.05) is 19.6 Å². The minimum atomic E-state index is -0.874. The molecular weight excluding hydrogens is 344 g/mol. The van der Waals surface area contributed by atoms with Crippen molar-refractivity contribution in [3.05, 3.63) is 34.5 Å². The van der Waals surface area contributed by atoms with Crippen molar-refractivity contribution >= 4 is 34.5 Å². The minimum absolute atomic E-state index is 0.141. The summed E-state index contributed by atoms with van der Waals surface area (Å²) in [4.78, 5) is 29.8. The number of ether oxygens (including phenoxy) is 1. The van der Waals surface area contributed by atoms with E-state index in [4.69, 9.17) is 16.3 Å². The molecule has 1 N–H and O–H groups in total. The first-order valence-electron chi connectivity index (χ1n) is 7.35. The summed E-state index contributed by atoms with van der Waals surface area (Å²) in [6, 6.07) is 2.20. The molecule has 2 aromatic rings. The molecule has 2 aliphatic heterocycles. The largest absolute Gasteiger partial charge is 0.447 e. The van der Waals surface area contributed by atoms with Crippen LogP contribution in [0.3, 0.4) is 0 Å². The van der Waals surface area contributed by atoms with Crippen LogP contribution >= 0.6 is 11.6 Å². The summed E-state index contributed by atoms with van der Waals surface area (Å²) in [5.74, 6) is -2.18. The Hall–Kier alpha value is -2.35. The average molecular weight is 356 g/mol. The molecule has 2 amide bonds. The van der Waals surface area contributed by atoms with Crippen molar-refractivity contribution in [3.8, 4) is 0 Å². The predicted molar refractivity (Wildman–Crippen MR) is 81.0 cm³/mol. The second-order valence-electron chi connectivity index (χ2n) is 5.77. The van der Waals surface area contributed by atoms with Crippen molar-refractivity contribution < 1.29 is 23.1 Å². The lowest BCUT2D eigenvalue weighted by molar-refractivity contribution is 0.0607. The highest BCUT2D eigenvalue weighted by Gasteiger charge is 2.39. The van der Waals surface area contributed by atoms with Crippen molar-refractivity contribution in [2.75, 3.05) is 26.2 Å². The molecule has 6 nitrogen and oxygen atoms in total. The lowest BCUT2D eigenvalue weighted by atomic mass is 10.2. The summed E-state index contributed by atoms with van der Waals surface area (Å²) in [5.41, 5.74) is -0.0172. The molecule has 1 aromatic carbocycles. The number of carbonyl (C=O) groups excluding carboxylic acids is 2. The summed E-state index contributed by atoms with van der Waals surface area (Å²) in [7, 11) is 0. The topological polar surface area (TPSA) is 65.6 Å². The molecule has 126 valence electrons. The van der Waals surface area contributed by atoms with Gasteiger partial charge in [0.05, 0.1) is 22.0 Å². The molecule has 24 heavy (non-hydrogen) atoms. The Kier molecular flexibility index (Phi) is 3.38. The van der Waals surface area contributed by atoms with E-state index in [9.17, 15) is 18.4 Å². The minimum Gasteiger partial charge on any atom is -0.447 e. The van der Waals surface area contributed by atoms with Gasteiger partial charge in [-0.15, -0.1) is 0 Å². The summed E-state index contributed by atoms with van der Waals surface area (Å²) < 4.78 is 33.0. The van der Waals surface area contributed by atoms with Crippen LogP contribution in [-0.2, 0) is 4.74 Å². The van der Waals surface area contributed by atoms with E-state index in [1.807, 2.05) is 0 Å². The van der Waals surface area contributed by atoms with E-state index < -0.39 is 23.6 Å². The SMILES string of the molecule is O=C(c1[nH]c2ccc(F)c(Cl)c2c1F)N1CCN2C(=O)OC[C@@H]2C1. The molecule has 1 aromatic heterocycles. The Bertz CT molecular complexity index is 869. The number of nitrogens with zero attached hydrogens (tertiary/aromatic N) is 2. The van der Waals surface area contributed by atoms with Crippen LogP contribution in [-0.4, -0.2) is 59.1 Å². The van der Waals surface area contributed by atoms with E-state index in [0.717, 1.165) is 6.07 Å². The van der Waals surface area contributed by atoms with Gasteiger partial charge in [-0.2, -0.15) is 0 Å². The summed E-state index contributed by atoms with van der Waals surface area (Å²) >= 11 is 5.80. The fraction of sp³-hybridized carbons (Fsp3) is 0.333. The second-order valence-corrected chi connectivity index (χ2v) is 6.15. The first-order chi connectivity index (χ1) is 11.5. The number of H-pyrrole nitrogens is 1. The highest BCUT2D eigenvalue weighted by Crippen LogP contribution is 2.31. The smallest absolute Gasteiger partial charge is 0.410 e. The van der Waals surface area contributed by atoms with Gasteiger partial charge in [-0.25, -0.2) is 13.6 Å². The molecule has 9 heteroatoms. The third-order valence-electron chi connectivity index (χ3n) is 4.41. The molecule has 4 rings (SSSR count). The maximum Gasteiger partial charge on any atom is 0.410 e. The van der Waals surface area contributed by atoms with Gasteiger partial charge in [-0.05, 0) is 12.1 Å². The van der Waals surface area contributed by atoms with Gasteiger partial charge in [0.2, 0.25) is 0 Å². The predicted octanol–water partition coefficient (Wildman–Crippen LogP) is 2.38. The number of benzene rings is 1. The molecule has 0 aliphatic carbocycles. The maximum absolute atomic E-state index is 14.6. The van der Waals surface area contributed by atoms with Gasteiger partial charge >= 0.3 is 6.09 Å². The highest BCUT2D eigenvalue weighted by molar-refractivity contribution is 6.35. The molecule has 0 bridgehead atoms. The molecule has 0 radical (unpaired) electrons. The highest BCUT2D eigenvalue weighted by atomic mass is 35.5. The van der Waals surface area contributed by atoms with Crippen LogP contribution in [0.5, 0.6) is 0 Å². The molecule has 0 spiro atoms. The maximum atomic E-state index is 14.6. The van der Waals surface area contributed by atoms with Crippen molar-refractivity contribution in [1.29, 1.82) is 0 Å². The quantitative estimate of drug-likeness (QED) is 0.854. The van der Waals surface area contributed by atoms with Gasteiger partial charge in [-0.3, -0.25) is 9.69 Å². The Balaban J connectivity index is 1.66. The molecule has 0 unspecified atom stereocenters. The average Bonchev–Trinajstić information content (AvgIpc) is 3.11. The van der Waals surface area contributed by atoms with E-state index in [0.29, 0.717) is 6.54 Å². The normalized spacial score (nSPS) is 20.5. The number of halogens is 3. The summed E-state index contributed by atoms with van der Waals surface area (Å²) in [6.07, 6.45) is -0.397. The molecule has 3 heterocycles. The number of hydrogen-bond acceptors (Lipinski definition) is 3. The monoisotopic (exact) mass is 355 g/mol. The van der Waals surface area contributed by atoms with Gasteiger partial charge in [0.1, 0.15) is 18.1 Å². The second kappa shape index (κ2) is 5.34. The van der Waals surface area contributed by atoms with Gasteiger partial charge in [0.15, 0.2) is 5.82 Å². The summed E-state index contributed by atoms with van der Waals surface area (Å²) in [6.45, 7) is 1.05. The Labute approximate surface area is 139 Å². The molecule has 0 saturated carbocycles. The lowest BCUT2D eigenvalue weighted by Gasteiger charge is -2.35. The Morgan fingerprint density at radius 3 is 2.92 bits per heavy atom. The number of aromatic nitrogens is 1. The molecule has 1 atom stereocenters. The zero-order valence-corrected chi connectivity index (χ0v) is 13.1. The standard InChI is InChI=1S/C15H12ClF2N3O3/c16-11-8(17)1-2-9-10(11)12(18)13(19-9)14(22)20-3-4-21-7(5-20)6-24-15(21)23/h1-2,7,19H,3-6H2/t7-/m0/s1. The van der Waals surface area contributed by atoms with Crippen LogP contribution in [0.2, 0.25) is 5.02 Å². The number of cyclic esters (lactones) is 1. The lowest BCUT2D eigenvalue weighted by Crippen LogP contribution is -2.53. The number of fused-ring (bicyclic) bond motifs is 2. The van der Waals surface area contributed by atoms with Crippen LogP contribution < -0.4 is 0 Å². The van der Waals surface area contributed by atoms with Crippen LogP contribution in [0.1, 0.15) is 10.5 Å². The van der Waals surface area contributed by atoms with Gasteiger partial charge in [-0.1, -0.05) is 11.6 Å². The number of rotatable bonds is 1. The fourth-order valence-corrected chi connectivity index (χ4v) is 3.41. The third-order valence-corrected chi connectivity index (χ3v) is 4.78. The van der Waals surface area contributed by atoms with E-state index in [1.54, 1.807) is 4.90 Å². The van der Waals surface area contributed by atoms with Crippen molar-refractivity contribution in [1.82, 2.24) is 14.8 Å².